The molecule has 0 spiro atoms. The van der Waals surface area contributed by atoms with Crippen molar-refractivity contribution in [2.24, 2.45) is 0 Å². The van der Waals surface area contributed by atoms with E-state index in [2.05, 4.69) is 21.6 Å². The molecule has 1 fully saturated rings. The molecular weight excluding hydrogens is 288 g/mol. The molecule has 0 unspecified atom stereocenters. The first-order valence-corrected chi connectivity index (χ1v) is 8.63. The largest absolute Gasteiger partial charge is 0.398 e. The van der Waals surface area contributed by atoms with E-state index in [1.807, 2.05) is 6.92 Å². The molecule has 3 N–H and O–H groups in total. The second kappa shape index (κ2) is 6.74. The van der Waals surface area contributed by atoms with Gasteiger partial charge >= 0.3 is 0 Å². The third-order valence-corrected chi connectivity index (χ3v) is 5.31. The zero-order chi connectivity index (χ0) is 15.5. The molecule has 6 nitrogen and oxygen atoms in total. The molecule has 0 aliphatic carbocycles. The van der Waals surface area contributed by atoms with Gasteiger partial charge in [0, 0.05) is 39.3 Å². The Morgan fingerprint density at radius 3 is 2.52 bits per heavy atom. The van der Waals surface area contributed by atoms with Gasteiger partial charge in [-0.25, -0.2) is 13.1 Å². The first-order valence-electron chi connectivity index (χ1n) is 7.15. The van der Waals surface area contributed by atoms with E-state index in [4.69, 9.17) is 5.73 Å². The lowest BCUT2D eigenvalue weighted by Gasteiger charge is -2.32. The lowest BCUT2D eigenvalue weighted by atomic mass is 10.2. The molecule has 1 aliphatic rings. The van der Waals surface area contributed by atoms with Crippen LogP contribution in [0.3, 0.4) is 0 Å². The van der Waals surface area contributed by atoms with E-state index in [-0.39, 0.29) is 4.90 Å². The summed E-state index contributed by atoms with van der Waals surface area (Å²) in [6.45, 7) is 7.01. The predicted molar refractivity (Wildman–Crippen MR) is 84.7 cm³/mol. The minimum atomic E-state index is -3.53. The van der Waals surface area contributed by atoms with Crippen LogP contribution >= 0.6 is 0 Å². The molecule has 118 valence electrons. The molecule has 1 heterocycles. The molecule has 1 aliphatic heterocycles. The number of piperazine rings is 1. The fourth-order valence-corrected chi connectivity index (χ4v) is 3.53. The van der Waals surface area contributed by atoms with E-state index < -0.39 is 10.0 Å². The number of nitrogens with zero attached hydrogens (tertiary/aromatic N) is 2. The molecule has 0 aromatic heterocycles. The van der Waals surface area contributed by atoms with E-state index in [0.29, 0.717) is 12.2 Å². The van der Waals surface area contributed by atoms with Crippen molar-refractivity contribution in [3.8, 4) is 0 Å². The minimum Gasteiger partial charge on any atom is -0.398 e. The molecule has 0 atom stereocenters. The van der Waals surface area contributed by atoms with Crippen LogP contribution in [0.4, 0.5) is 5.69 Å². The van der Waals surface area contributed by atoms with Crippen molar-refractivity contribution in [1.82, 2.24) is 14.5 Å². The first-order chi connectivity index (χ1) is 9.88. The lowest BCUT2D eigenvalue weighted by molar-refractivity contribution is 0.156. The van der Waals surface area contributed by atoms with Crippen LogP contribution in [0, 0.1) is 6.92 Å². The molecule has 1 saturated heterocycles. The summed E-state index contributed by atoms with van der Waals surface area (Å²) in [7, 11) is -1.43. The summed E-state index contributed by atoms with van der Waals surface area (Å²) < 4.78 is 27.1. The van der Waals surface area contributed by atoms with Crippen molar-refractivity contribution in [2.45, 2.75) is 11.8 Å². The fourth-order valence-electron chi connectivity index (χ4n) is 2.40. The molecule has 21 heavy (non-hydrogen) atoms. The quantitative estimate of drug-likeness (QED) is 0.754. The number of aryl methyl sites for hydroxylation is 1. The van der Waals surface area contributed by atoms with Crippen molar-refractivity contribution in [2.75, 3.05) is 52.0 Å². The standard InChI is InChI=1S/C14H24N4O2S/c1-12-3-4-14(13(15)11-12)21(19,20)16-5-6-18-9-7-17(2)8-10-18/h3-4,11,16H,5-10,15H2,1-2H3. The lowest BCUT2D eigenvalue weighted by Crippen LogP contribution is -2.46. The number of hydrogen-bond acceptors (Lipinski definition) is 5. The third kappa shape index (κ3) is 4.41. The van der Waals surface area contributed by atoms with Gasteiger partial charge in [-0.2, -0.15) is 0 Å². The van der Waals surface area contributed by atoms with E-state index in [9.17, 15) is 8.42 Å². The summed E-state index contributed by atoms with van der Waals surface area (Å²) in [5.74, 6) is 0. The highest BCUT2D eigenvalue weighted by molar-refractivity contribution is 7.89. The highest BCUT2D eigenvalue weighted by Gasteiger charge is 2.18. The summed E-state index contributed by atoms with van der Waals surface area (Å²) >= 11 is 0. The van der Waals surface area contributed by atoms with E-state index in [0.717, 1.165) is 38.3 Å². The summed E-state index contributed by atoms with van der Waals surface area (Å²) in [5, 5.41) is 0. The maximum absolute atomic E-state index is 12.2. The molecule has 0 radical (unpaired) electrons. The van der Waals surface area contributed by atoms with E-state index in [1.54, 1.807) is 18.2 Å². The van der Waals surface area contributed by atoms with E-state index in [1.165, 1.54) is 0 Å². The number of nitrogen functional groups attached to an aromatic ring is 1. The molecular formula is C14H24N4O2S. The van der Waals surface area contributed by atoms with Crippen LogP contribution in [-0.2, 0) is 10.0 Å². The summed E-state index contributed by atoms with van der Waals surface area (Å²) in [6.07, 6.45) is 0. The molecule has 1 aromatic rings. The zero-order valence-corrected chi connectivity index (χ0v) is 13.5. The molecule has 2 rings (SSSR count). The summed E-state index contributed by atoms with van der Waals surface area (Å²) in [4.78, 5) is 4.70. The Morgan fingerprint density at radius 2 is 1.90 bits per heavy atom. The second-order valence-electron chi connectivity index (χ2n) is 5.58. The van der Waals surface area contributed by atoms with Crippen LogP contribution in [0.2, 0.25) is 0 Å². The van der Waals surface area contributed by atoms with Crippen molar-refractivity contribution < 1.29 is 8.42 Å². The maximum Gasteiger partial charge on any atom is 0.242 e. The number of sulfonamides is 1. The zero-order valence-electron chi connectivity index (χ0n) is 12.7. The minimum absolute atomic E-state index is 0.159. The Labute approximate surface area is 127 Å². The van der Waals surface area contributed by atoms with Crippen molar-refractivity contribution >= 4 is 15.7 Å². The van der Waals surface area contributed by atoms with Gasteiger partial charge in [0.2, 0.25) is 10.0 Å². The average Bonchev–Trinajstić information content (AvgIpc) is 2.40. The normalized spacial score (nSPS) is 18.0. The van der Waals surface area contributed by atoms with Gasteiger partial charge in [-0.1, -0.05) is 6.07 Å². The highest BCUT2D eigenvalue weighted by Crippen LogP contribution is 2.19. The maximum atomic E-state index is 12.2. The van der Waals surface area contributed by atoms with Crippen LogP contribution in [-0.4, -0.2) is 64.5 Å². The van der Waals surface area contributed by atoms with Gasteiger partial charge < -0.3 is 10.6 Å². The summed E-state index contributed by atoms with van der Waals surface area (Å²) in [6, 6.07) is 4.99. The van der Waals surface area contributed by atoms with E-state index >= 15 is 0 Å². The fraction of sp³-hybridized carbons (Fsp3) is 0.571. The number of benzene rings is 1. The molecule has 1 aromatic carbocycles. The van der Waals surface area contributed by atoms with Crippen molar-refractivity contribution in [3.63, 3.8) is 0 Å². The van der Waals surface area contributed by atoms with Gasteiger partial charge in [0.1, 0.15) is 4.90 Å². The van der Waals surface area contributed by atoms with Gasteiger partial charge in [-0.3, -0.25) is 4.90 Å². The van der Waals surface area contributed by atoms with Gasteiger partial charge in [-0.05, 0) is 31.7 Å². The Morgan fingerprint density at radius 1 is 1.24 bits per heavy atom. The number of likely N-dealkylation sites (N-methyl/N-ethyl adjacent to an activating group) is 1. The van der Waals surface area contributed by atoms with Crippen LogP contribution in [0.15, 0.2) is 23.1 Å². The molecule has 0 saturated carbocycles. The average molecular weight is 312 g/mol. The topological polar surface area (TPSA) is 78.7 Å². The number of hydrogen-bond donors (Lipinski definition) is 2. The SMILES string of the molecule is Cc1ccc(S(=O)(=O)NCCN2CCN(C)CC2)c(N)c1. The van der Waals surface area contributed by atoms with Crippen LogP contribution in [0.5, 0.6) is 0 Å². The Kier molecular flexibility index (Phi) is 5.21. The monoisotopic (exact) mass is 312 g/mol. The predicted octanol–water partition coefficient (Wildman–Crippen LogP) is 0.103. The number of anilines is 1. The molecule has 0 bridgehead atoms. The summed E-state index contributed by atoms with van der Waals surface area (Å²) in [5.41, 5.74) is 7.04. The smallest absolute Gasteiger partial charge is 0.242 e. The van der Waals surface area contributed by atoms with Crippen molar-refractivity contribution in [3.05, 3.63) is 23.8 Å². The van der Waals surface area contributed by atoms with Gasteiger partial charge in [0.05, 0.1) is 5.69 Å². The third-order valence-electron chi connectivity index (χ3n) is 3.77. The molecule has 7 heteroatoms. The highest BCUT2D eigenvalue weighted by atomic mass is 32.2. The number of nitrogens with two attached hydrogens (primary N) is 1. The Balaban J connectivity index is 1.89. The van der Waals surface area contributed by atoms with Gasteiger partial charge in [0.15, 0.2) is 0 Å². The van der Waals surface area contributed by atoms with Crippen LogP contribution in [0.1, 0.15) is 5.56 Å². The second-order valence-corrected chi connectivity index (χ2v) is 7.32. The Hall–Kier alpha value is -1.15. The van der Waals surface area contributed by atoms with Gasteiger partial charge in [0.25, 0.3) is 0 Å². The van der Waals surface area contributed by atoms with Crippen LogP contribution < -0.4 is 10.5 Å². The van der Waals surface area contributed by atoms with Gasteiger partial charge in [-0.15, -0.1) is 0 Å². The Bertz CT molecular complexity index is 581. The number of rotatable bonds is 5. The number of nitrogens with one attached hydrogen (secondary N) is 1. The first kappa shape index (κ1) is 16.2. The van der Waals surface area contributed by atoms with Crippen molar-refractivity contribution in [1.29, 1.82) is 0 Å². The van der Waals surface area contributed by atoms with Crippen LogP contribution in [0.25, 0.3) is 0 Å². The molecule has 0 amide bonds.